The van der Waals surface area contributed by atoms with Crippen molar-refractivity contribution in [2.45, 2.75) is 25.8 Å². The zero-order chi connectivity index (χ0) is 23.1. The van der Waals surface area contributed by atoms with Crippen LogP contribution in [0.2, 0.25) is 0 Å². The van der Waals surface area contributed by atoms with Crippen LogP contribution in [0.3, 0.4) is 0 Å². The molecule has 7 heteroatoms. The Labute approximate surface area is 189 Å². The quantitative estimate of drug-likeness (QED) is 0.338. The summed E-state index contributed by atoms with van der Waals surface area (Å²) in [4.78, 5) is 11.9. The van der Waals surface area contributed by atoms with E-state index in [4.69, 9.17) is 15.9 Å². The summed E-state index contributed by atoms with van der Waals surface area (Å²) in [6, 6.07) is 13.9. The van der Waals surface area contributed by atoms with E-state index in [2.05, 4.69) is 28.1 Å². The van der Waals surface area contributed by atoms with Gasteiger partial charge in [0.15, 0.2) is 0 Å². The molecule has 6 N–H and O–H groups in total. The number of fused-ring (bicyclic) bond motifs is 1. The second kappa shape index (κ2) is 10.5. The maximum Gasteiger partial charge on any atom is 0.310 e. The number of nitrogens with two attached hydrogens (primary N) is 1. The van der Waals surface area contributed by atoms with Gasteiger partial charge in [0.2, 0.25) is 0 Å². The summed E-state index contributed by atoms with van der Waals surface area (Å²) in [7, 11) is 3.22. The highest BCUT2D eigenvalue weighted by Gasteiger charge is 2.24. The Kier molecular flexibility index (Phi) is 7.54. The third-order valence-corrected chi connectivity index (χ3v) is 5.52. The van der Waals surface area contributed by atoms with E-state index in [9.17, 15) is 4.79 Å². The fourth-order valence-corrected chi connectivity index (χ4v) is 3.95. The highest BCUT2D eigenvalue weighted by Crippen LogP contribution is 2.34. The smallest absolute Gasteiger partial charge is 0.310 e. The minimum Gasteiger partial charge on any atom is -0.469 e. The number of methoxy groups -OCH3 is 1. The fraction of sp³-hybridized carbons (Fsp3) is 0.280. The van der Waals surface area contributed by atoms with Crippen molar-refractivity contribution in [2.24, 2.45) is 5.73 Å². The van der Waals surface area contributed by atoms with Crippen LogP contribution in [0.25, 0.3) is 11.3 Å². The van der Waals surface area contributed by atoms with E-state index in [-0.39, 0.29) is 18.4 Å². The zero-order valence-corrected chi connectivity index (χ0v) is 18.8. The number of hydrogen-bond donors (Lipinski definition) is 5. The van der Waals surface area contributed by atoms with Gasteiger partial charge in [0.05, 0.1) is 25.3 Å². The highest BCUT2D eigenvalue weighted by molar-refractivity contribution is 6.08. The Balaban J connectivity index is 2.08. The Morgan fingerprint density at radius 3 is 2.78 bits per heavy atom. The number of ether oxygens (including phenoxy) is 1. The topological polar surface area (TPSA) is 112 Å². The molecule has 0 spiro atoms. The Bertz CT molecular complexity index is 1050. The largest absolute Gasteiger partial charge is 0.469 e. The van der Waals surface area contributed by atoms with E-state index in [0.29, 0.717) is 0 Å². The van der Waals surface area contributed by atoms with Gasteiger partial charge in [0, 0.05) is 48.5 Å². The lowest BCUT2D eigenvalue weighted by Gasteiger charge is -2.23. The lowest BCUT2D eigenvalue weighted by molar-refractivity contribution is -0.139. The Morgan fingerprint density at radius 1 is 1.31 bits per heavy atom. The molecule has 1 aliphatic rings. The van der Waals surface area contributed by atoms with Crippen LogP contribution in [0.1, 0.15) is 41.6 Å². The second-order valence-electron chi connectivity index (χ2n) is 7.72. The van der Waals surface area contributed by atoms with E-state index >= 15 is 0 Å². The lowest BCUT2D eigenvalue weighted by atomic mass is 9.92. The molecule has 7 nitrogen and oxygen atoms in total. The van der Waals surface area contributed by atoms with Gasteiger partial charge < -0.3 is 31.8 Å². The molecule has 1 atom stereocenters. The Morgan fingerprint density at radius 2 is 2.09 bits per heavy atom. The van der Waals surface area contributed by atoms with Crippen LogP contribution in [0.15, 0.2) is 54.4 Å². The maximum atomic E-state index is 11.9. The highest BCUT2D eigenvalue weighted by atomic mass is 16.5. The third kappa shape index (κ3) is 5.11. The summed E-state index contributed by atoms with van der Waals surface area (Å²) in [5.74, 6) is -0.277. The number of para-hydroxylation sites is 1. The number of rotatable bonds is 7. The summed E-state index contributed by atoms with van der Waals surface area (Å²) in [5.41, 5.74) is 13.5. The minimum absolute atomic E-state index is 0.0188. The van der Waals surface area contributed by atoms with Crippen LogP contribution in [0.4, 0.5) is 5.69 Å². The third-order valence-electron chi connectivity index (χ3n) is 5.52. The standard InChI is InChI=1S/C25H31N5O2/c1-16(27)25-20-9-8-17(19(14-26)15-28-2)12-21(20)23(10-11-29-25)30-22-7-5-4-6-18(22)13-24(31)32-3/h4-9,12,14-15,23,26,28-30H,10-11,13,27H2,1-3H3/b19-15+,25-16-,26-14?. The van der Waals surface area contributed by atoms with Gasteiger partial charge in [-0.3, -0.25) is 4.79 Å². The van der Waals surface area contributed by atoms with Crippen LogP contribution in [-0.4, -0.2) is 32.9 Å². The number of benzene rings is 2. The van der Waals surface area contributed by atoms with Crippen LogP contribution in [-0.2, 0) is 16.0 Å². The normalized spacial score (nSPS) is 17.3. The number of allylic oxidation sites excluding steroid dienone is 2. The molecule has 1 heterocycles. The molecule has 3 rings (SSSR count). The van der Waals surface area contributed by atoms with Crippen molar-refractivity contribution in [3.8, 4) is 0 Å². The maximum absolute atomic E-state index is 11.9. The number of anilines is 1. The van der Waals surface area contributed by atoms with Crippen LogP contribution < -0.4 is 21.7 Å². The molecule has 2 aromatic rings. The number of nitrogens with one attached hydrogen (secondary N) is 4. The molecule has 0 aliphatic carbocycles. The van der Waals surface area contributed by atoms with Crippen molar-refractivity contribution in [1.29, 1.82) is 5.41 Å². The minimum atomic E-state index is -0.277. The van der Waals surface area contributed by atoms with Gasteiger partial charge in [-0.05, 0) is 42.2 Å². The first kappa shape index (κ1) is 22.9. The van der Waals surface area contributed by atoms with Gasteiger partial charge in [-0.1, -0.05) is 30.3 Å². The van der Waals surface area contributed by atoms with Gasteiger partial charge >= 0.3 is 5.97 Å². The number of carbonyl (C=O) groups is 1. The molecule has 0 amide bonds. The van der Waals surface area contributed by atoms with E-state index in [1.807, 2.05) is 50.5 Å². The van der Waals surface area contributed by atoms with Crippen molar-refractivity contribution in [3.63, 3.8) is 0 Å². The van der Waals surface area contributed by atoms with E-state index in [0.717, 1.165) is 57.9 Å². The summed E-state index contributed by atoms with van der Waals surface area (Å²) < 4.78 is 4.86. The number of carbonyl (C=O) groups excluding carboxylic acids is 1. The lowest BCUT2D eigenvalue weighted by Crippen LogP contribution is -2.17. The van der Waals surface area contributed by atoms with Gasteiger partial charge in [0.25, 0.3) is 0 Å². The number of hydrogen-bond acceptors (Lipinski definition) is 7. The molecule has 0 saturated heterocycles. The van der Waals surface area contributed by atoms with Crippen LogP contribution >= 0.6 is 0 Å². The van der Waals surface area contributed by atoms with E-state index < -0.39 is 0 Å². The molecule has 0 aromatic heterocycles. The molecule has 32 heavy (non-hydrogen) atoms. The van der Waals surface area contributed by atoms with Gasteiger partial charge in [-0.15, -0.1) is 0 Å². The predicted molar refractivity (Wildman–Crippen MR) is 130 cm³/mol. The Hall–Kier alpha value is -3.74. The molecule has 168 valence electrons. The molecule has 0 radical (unpaired) electrons. The van der Waals surface area contributed by atoms with Crippen molar-refractivity contribution < 1.29 is 9.53 Å². The van der Waals surface area contributed by atoms with Crippen molar-refractivity contribution in [1.82, 2.24) is 10.6 Å². The first-order chi connectivity index (χ1) is 15.5. The van der Waals surface area contributed by atoms with Gasteiger partial charge in [-0.25, -0.2) is 0 Å². The van der Waals surface area contributed by atoms with Crippen molar-refractivity contribution in [3.05, 3.63) is 76.6 Å². The fourth-order valence-electron chi connectivity index (χ4n) is 3.95. The van der Waals surface area contributed by atoms with Crippen molar-refractivity contribution in [2.75, 3.05) is 26.0 Å². The molecular formula is C25H31N5O2. The summed E-state index contributed by atoms with van der Waals surface area (Å²) in [5, 5.41) is 17.9. The van der Waals surface area contributed by atoms with E-state index in [1.165, 1.54) is 13.3 Å². The van der Waals surface area contributed by atoms with Gasteiger partial charge in [0.1, 0.15) is 0 Å². The molecule has 1 unspecified atom stereocenters. The molecule has 2 aromatic carbocycles. The molecule has 0 saturated carbocycles. The predicted octanol–water partition coefficient (Wildman–Crippen LogP) is 3.41. The monoisotopic (exact) mass is 433 g/mol. The van der Waals surface area contributed by atoms with Crippen LogP contribution in [0.5, 0.6) is 0 Å². The summed E-state index contributed by atoms with van der Waals surface area (Å²) in [6.45, 7) is 2.64. The molecule has 1 aliphatic heterocycles. The van der Waals surface area contributed by atoms with Gasteiger partial charge in [-0.2, -0.15) is 0 Å². The first-order valence-corrected chi connectivity index (χ1v) is 10.6. The zero-order valence-electron chi connectivity index (χ0n) is 18.8. The molecule has 0 bridgehead atoms. The summed E-state index contributed by atoms with van der Waals surface area (Å²) >= 11 is 0. The number of esters is 1. The van der Waals surface area contributed by atoms with Crippen LogP contribution in [0, 0.1) is 5.41 Å². The first-order valence-electron chi connectivity index (χ1n) is 10.6. The summed E-state index contributed by atoms with van der Waals surface area (Å²) in [6.07, 6.45) is 4.16. The SMILES string of the molecule is CN/C=C(\C=N)c1ccc2c(c1)C(Nc1ccccc1CC(=O)OC)CCN/C2=C(/C)N. The van der Waals surface area contributed by atoms with E-state index in [1.54, 1.807) is 0 Å². The average Bonchev–Trinajstić information content (AvgIpc) is 2.97. The average molecular weight is 434 g/mol. The molecular weight excluding hydrogens is 402 g/mol. The molecule has 0 fully saturated rings. The second-order valence-corrected chi connectivity index (χ2v) is 7.72. The van der Waals surface area contributed by atoms with Crippen molar-refractivity contribution >= 4 is 29.1 Å².